The third kappa shape index (κ3) is 4.36. The lowest BCUT2D eigenvalue weighted by Crippen LogP contribution is -2.41. The summed E-state index contributed by atoms with van der Waals surface area (Å²) in [5.74, 6) is 1.01. The maximum atomic E-state index is 12.9. The lowest BCUT2D eigenvalue weighted by Gasteiger charge is -2.32. The predicted octanol–water partition coefficient (Wildman–Crippen LogP) is 3.40. The molecule has 0 fully saturated rings. The van der Waals surface area contributed by atoms with Crippen LogP contribution in [0.4, 0.5) is 10.2 Å². The number of anilines is 1. The van der Waals surface area contributed by atoms with E-state index in [4.69, 9.17) is 10.5 Å². The zero-order valence-corrected chi connectivity index (χ0v) is 18.1. The number of halogens is 1. The normalized spacial score (nSPS) is 15.8. The van der Waals surface area contributed by atoms with Gasteiger partial charge in [-0.2, -0.15) is 0 Å². The zero-order chi connectivity index (χ0) is 21.7. The van der Waals surface area contributed by atoms with E-state index < -0.39 is 6.67 Å². The van der Waals surface area contributed by atoms with Crippen molar-refractivity contribution < 1.29 is 13.9 Å². The van der Waals surface area contributed by atoms with Crippen LogP contribution in [0.5, 0.6) is 0 Å². The van der Waals surface area contributed by atoms with Crippen molar-refractivity contribution in [1.29, 1.82) is 0 Å². The first-order chi connectivity index (χ1) is 14.4. The number of fused-ring (bicyclic) bond motifs is 1. The molecular weight excluding hydrogens is 405 g/mol. The molecule has 3 heterocycles. The van der Waals surface area contributed by atoms with E-state index >= 15 is 0 Å². The maximum absolute atomic E-state index is 12.9. The van der Waals surface area contributed by atoms with Crippen molar-refractivity contribution in [3.63, 3.8) is 0 Å². The average molecular weight is 432 g/mol. The number of pyridine rings is 1. The van der Waals surface area contributed by atoms with Crippen LogP contribution >= 0.6 is 11.3 Å². The van der Waals surface area contributed by atoms with E-state index in [0.29, 0.717) is 24.8 Å². The topological polar surface area (TPSA) is 92.8 Å². The van der Waals surface area contributed by atoms with Crippen LogP contribution in [0, 0.1) is 0 Å². The maximum Gasteiger partial charge on any atom is 0.255 e. The molecule has 0 aliphatic carbocycles. The van der Waals surface area contributed by atoms with Gasteiger partial charge in [0, 0.05) is 29.6 Å². The number of amides is 1. The van der Waals surface area contributed by atoms with Crippen LogP contribution in [0.15, 0.2) is 41.7 Å². The van der Waals surface area contributed by atoms with Crippen molar-refractivity contribution >= 4 is 28.9 Å². The van der Waals surface area contributed by atoms with E-state index in [9.17, 15) is 9.18 Å². The molecule has 0 saturated carbocycles. The lowest BCUT2D eigenvalue weighted by atomic mass is 10.0. The molecule has 1 aliphatic rings. The molecule has 0 saturated heterocycles. The number of methoxy groups -OCH3 is 1. The highest BCUT2D eigenvalue weighted by Gasteiger charge is 2.44. The number of nitrogens with zero attached hydrogens (tertiary/aromatic N) is 3. The second-order valence-electron chi connectivity index (χ2n) is 7.23. The number of ether oxygens (including phenoxy) is 1. The number of thiophene rings is 1. The first-order valence-corrected chi connectivity index (χ1v) is 10.4. The Kier molecular flexibility index (Phi) is 6.84. The molecule has 2 aromatic heterocycles. The summed E-state index contributed by atoms with van der Waals surface area (Å²) in [6, 6.07) is 5.70. The minimum absolute atomic E-state index is 0.0238. The summed E-state index contributed by atoms with van der Waals surface area (Å²) in [4.78, 5) is 25.2. The number of hydrogen-bond acceptors (Lipinski definition) is 6. The summed E-state index contributed by atoms with van der Waals surface area (Å²) in [6.07, 6.45) is 4.57. The van der Waals surface area contributed by atoms with E-state index in [1.807, 2.05) is 23.1 Å². The SMILES string of the molecule is COCCN1C(=O)c2cc(-c3ccnc(NC(C=CN)=NCCF)c3)sc2C1(C)C. The van der Waals surface area contributed by atoms with Crippen molar-refractivity contribution in [2.24, 2.45) is 10.7 Å². The van der Waals surface area contributed by atoms with E-state index in [0.717, 1.165) is 20.9 Å². The number of nitrogens with one attached hydrogen (secondary N) is 1. The standard InChI is InChI=1S/C21H26FN5O2S/c1-21(2)19-15(20(28)27(21)10-11-29-3)13-16(30-19)14-5-8-24-18(12-14)26-17(4-7-23)25-9-6-22/h4-5,7-8,12-13H,6,9-11,23H2,1-3H3,(H,24,25,26). The molecule has 160 valence electrons. The Morgan fingerprint density at radius 2 is 2.27 bits per heavy atom. The van der Waals surface area contributed by atoms with Gasteiger partial charge in [-0.15, -0.1) is 11.3 Å². The van der Waals surface area contributed by atoms with Crippen molar-refractivity contribution in [1.82, 2.24) is 9.88 Å². The van der Waals surface area contributed by atoms with E-state index in [1.54, 1.807) is 30.7 Å². The minimum Gasteiger partial charge on any atom is -0.404 e. The van der Waals surface area contributed by atoms with Gasteiger partial charge in [-0.3, -0.25) is 9.79 Å². The lowest BCUT2D eigenvalue weighted by molar-refractivity contribution is 0.0526. The first kappa shape index (κ1) is 21.9. The molecule has 0 bridgehead atoms. The van der Waals surface area contributed by atoms with Gasteiger partial charge in [0.25, 0.3) is 5.91 Å². The van der Waals surface area contributed by atoms with Gasteiger partial charge in [-0.25, -0.2) is 9.37 Å². The molecule has 0 spiro atoms. The zero-order valence-electron chi connectivity index (χ0n) is 17.3. The first-order valence-electron chi connectivity index (χ1n) is 9.59. The molecule has 30 heavy (non-hydrogen) atoms. The summed E-state index contributed by atoms with van der Waals surface area (Å²) >= 11 is 1.60. The Morgan fingerprint density at radius 1 is 1.47 bits per heavy atom. The third-order valence-corrected chi connectivity index (χ3v) is 6.38. The number of rotatable bonds is 8. The third-order valence-electron chi connectivity index (χ3n) is 4.88. The molecule has 1 amide bonds. The van der Waals surface area contributed by atoms with Gasteiger partial charge in [0.2, 0.25) is 0 Å². The predicted molar refractivity (Wildman–Crippen MR) is 119 cm³/mol. The molecule has 0 radical (unpaired) electrons. The van der Waals surface area contributed by atoms with Gasteiger partial charge in [0.15, 0.2) is 0 Å². The fourth-order valence-corrected chi connectivity index (χ4v) is 4.66. The van der Waals surface area contributed by atoms with Gasteiger partial charge in [-0.1, -0.05) is 0 Å². The molecule has 0 unspecified atom stereocenters. The molecule has 9 heteroatoms. The van der Waals surface area contributed by atoms with Crippen LogP contribution in [0.3, 0.4) is 0 Å². The van der Waals surface area contributed by atoms with Crippen LogP contribution in [0.25, 0.3) is 10.4 Å². The Morgan fingerprint density at radius 3 is 2.93 bits per heavy atom. The number of aromatic nitrogens is 1. The smallest absolute Gasteiger partial charge is 0.255 e. The Hall–Kier alpha value is -2.78. The number of hydrogen-bond donors (Lipinski definition) is 2. The molecule has 0 atom stereocenters. The Bertz CT molecular complexity index is 970. The van der Waals surface area contributed by atoms with Crippen LogP contribution < -0.4 is 11.1 Å². The largest absolute Gasteiger partial charge is 0.404 e. The second kappa shape index (κ2) is 9.36. The summed E-state index contributed by atoms with van der Waals surface area (Å²) in [6.45, 7) is 4.65. The highest BCUT2D eigenvalue weighted by Crippen LogP contribution is 2.46. The van der Waals surface area contributed by atoms with Gasteiger partial charge in [0.1, 0.15) is 18.3 Å². The molecule has 1 aliphatic heterocycles. The van der Waals surface area contributed by atoms with E-state index in [2.05, 4.69) is 29.1 Å². The monoisotopic (exact) mass is 431 g/mol. The van der Waals surface area contributed by atoms with Gasteiger partial charge < -0.3 is 20.7 Å². The minimum atomic E-state index is -0.553. The summed E-state index contributed by atoms with van der Waals surface area (Å²) < 4.78 is 17.6. The van der Waals surface area contributed by atoms with Crippen molar-refractivity contribution in [3.8, 4) is 10.4 Å². The fourth-order valence-electron chi connectivity index (χ4n) is 3.40. The van der Waals surface area contributed by atoms with Crippen LogP contribution in [-0.4, -0.2) is 55.1 Å². The summed E-state index contributed by atoms with van der Waals surface area (Å²) in [7, 11) is 1.63. The van der Waals surface area contributed by atoms with Crippen molar-refractivity contribution in [2.75, 3.05) is 38.8 Å². The molecule has 3 N–H and O–H groups in total. The summed E-state index contributed by atoms with van der Waals surface area (Å²) in [5, 5.41) is 3.05. The number of carbonyl (C=O) groups is 1. The second-order valence-corrected chi connectivity index (χ2v) is 8.28. The van der Waals surface area contributed by atoms with Crippen molar-refractivity contribution in [2.45, 2.75) is 19.4 Å². The quantitative estimate of drug-likeness (QED) is 0.494. The van der Waals surface area contributed by atoms with E-state index in [1.165, 1.54) is 6.20 Å². The summed E-state index contributed by atoms with van der Waals surface area (Å²) in [5.41, 5.74) is 6.72. The molecular formula is C21H26FN5O2S. The fraction of sp³-hybridized carbons (Fsp3) is 0.381. The number of amidine groups is 1. The molecule has 3 rings (SSSR count). The number of nitrogens with two attached hydrogens (primary N) is 1. The van der Waals surface area contributed by atoms with Crippen molar-refractivity contribution in [3.05, 3.63) is 47.1 Å². The van der Waals surface area contributed by atoms with E-state index in [-0.39, 0.29) is 18.0 Å². The number of carbonyl (C=O) groups excluding carboxylic acids is 1. The average Bonchev–Trinajstić information content (AvgIpc) is 3.25. The van der Waals surface area contributed by atoms with Gasteiger partial charge >= 0.3 is 0 Å². The highest BCUT2D eigenvalue weighted by atomic mass is 32.1. The molecule has 2 aromatic rings. The highest BCUT2D eigenvalue weighted by molar-refractivity contribution is 7.16. The van der Waals surface area contributed by atoms with Crippen LogP contribution in [-0.2, 0) is 10.3 Å². The van der Waals surface area contributed by atoms with Crippen LogP contribution in [0.1, 0.15) is 29.1 Å². The molecule has 7 nitrogen and oxygen atoms in total. The Balaban J connectivity index is 1.87. The Labute approximate surface area is 179 Å². The van der Waals surface area contributed by atoms with Gasteiger partial charge in [-0.05, 0) is 49.9 Å². The van der Waals surface area contributed by atoms with Crippen LogP contribution in [0.2, 0.25) is 0 Å². The molecule has 0 aromatic carbocycles. The number of alkyl halides is 1. The number of aliphatic imine (C=N–C) groups is 1. The van der Waals surface area contributed by atoms with Gasteiger partial charge in [0.05, 0.1) is 24.3 Å².